The van der Waals surface area contributed by atoms with E-state index in [4.69, 9.17) is 14.2 Å². The molecule has 6 heteroatoms. The average molecular weight is 378 g/mol. The molecule has 0 aliphatic heterocycles. The van der Waals surface area contributed by atoms with Crippen molar-refractivity contribution in [1.29, 1.82) is 0 Å². The molecule has 0 radical (unpaired) electrons. The zero-order valence-corrected chi connectivity index (χ0v) is 16.3. The summed E-state index contributed by atoms with van der Waals surface area (Å²) < 4.78 is 15.8. The van der Waals surface area contributed by atoms with E-state index in [2.05, 4.69) is 16.6 Å². The number of amides is 1. The number of ether oxygens (including phenoxy) is 3. The lowest BCUT2D eigenvalue weighted by atomic mass is 10.0. The van der Waals surface area contributed by atoms with Crippen molar-refractivity contribution in [3.05, 3.63) is 65.7 Å². The van der Waals surface area contributed by atoms with Crippen LogP contribution < -0.4 is 19.6 Å². The van der Waals surface area contributed by atoms with E-state index in [1.807, 2.05) is 43.3 Å². The first kappa shape index (κ1) is 19.2. The highest BCUT2D eigenvalue weighted by Crippen LogP contribution is 2.38. The number of fused-ring (bicyclic) bond motifs is 1. The van der Waals surface area contributed by atoms with Crippen LogP contribution in [0, 0.1) is 0 Å². The third kappa shape index (κ3) is 3.91. The van der Waals surface area contributed by atoms with Crippen molar-refractivity contribution in [2.24, 2.45) is 5.10 Å². The molecule has 0 unspecified atom stereocenters. The van der Waals surface area contributed by atoms with Crippen LogP contribution in [0.25, 0.3) is 10.8 Å². The predicted octanol–water partition coefficient (Wildman–Crippen LogP) is 4.02. The first-order chi connectivity index (χ1) is 13.6. The van der Waals surface area contributed by atoms with Crippen molar-refractivity contribution in [3.8, 4) is 17.2 Å². The molecular weight excluding hydrogens is 356 g/mol. The summed E-state index contributed by atoms with van der Waals surface area (Å²) in [6.07, 6.45) is 0. The van der Waals surface area contributed by atoms with E-state index in [0.717, 1.165) is 16.3 Å². The molecule has 0 fully saturated rings. The van der Waals surface area contributed by atoms with Gasteiger partial charge in [0.05, 0.1) is 27.0 Å². The van der Waals surface area contributed by atoms with E-state index in [-0.39, 0.29) is 5.91 Å². The summed E-state index contributed by atoms with van der Waals surface area (Å²) in [5.41, 5.74) is 4.57. The van der Waals surface area contributed by atoms with Crippen molar-refractivity contribution >= 4 is 22.4 Å². The molecule has 1 amide bonds. The van der Waals surface area contributed by atoms with Crippen LogP contribution in [0.1, 0.15) is 22.8 Å². The van der Waals surface area contributed by atoms with Crippen LogP contribution >= 0.6 is 0 Å². The second-order valence-corrected chi connectivity index (χ2v) is 6.11. The third-order valence-electron chi connectivity index (χ3n) is 4.42. The predicted molar refractivity (Wildman–Crippen MR) is 110 cm³/mol. The molecule has 3 aromatic carbocycles. The Labute approximate surface area is 163 Å². The maximum Gasteiger partial charge on any atom is 0.271 e. The second-order valence-electron chi connectivity index (χ2n) is 6.11. The maximum absolute atomic E-state index is 12.6. The number of benzene rings is 3. The van der Waals surface area contributed by atoms with Gasteiger partial charge in [0.2, 0.25) is 5.75 Å². The van der Waals surface area contributed by atoms with Gasteiger partial charge in [0.1, 0.15) is 0 Å². The lowest BCUT2D eigenvalue weighted by molar-refractivity contribution is 0.0954. The number of methoxy groups -OCH3 is 3. The highest BCUT2D eigenvalue weighted by Gasteiger charge is 2.16. The van der Waals surface area contributed by atoms with E-state index in [9.17, 15) is 4.79 Å². The standard InChI is InChI=1S/C22H22N2O4/c1-14(16-10-9-15-7-5-6-8-17(15)11-16)23-24-22(25)18-12-19(26-2)21(28-4)20(13-18)27-3/h5-13H,1-4H3,(H,24,25). The minimum absolute atomic E-state index is 0.351. The fourth-order valence-corrected chi connectivity index (χ4v) is 2.89. The summed E-state index contributed by atoms with van der Waals surface area (Å²) in [5.74, 6) is 0.862. The summed E-state index contributed by atoms with van der Waals surface area (Å²) in [6.45, 7) is 1.85. The summed E-state index contributed by atoms with van der Waals surface area (Å²) in [6, 6.07) is 17.3. The summed E-state index contributed by atoms with van der Waals surface area (Å²) in [7, 11) is 4.51. The fraction of sp³-hybridized carbons (Fsp3) is 0.182. The maximum atomic E-state index is 12.6. The van der Waals surface area contributed by atoms with Crippen LogP contribution in [0.15, 0.2) is 59.7 Å². The SMILES string of the molecule is COc1cc(C(=O)NN=C(C)c2ccc3ccccc3c2)cc(OC)c1OC. The number of rotatable bonds is 6. The fourth-order valence-electron chi connectivity index (χ4n) is 2.89. The normalized spacial score (nSPS) is 11.2. The topological polar surface area (TPSA) is 69.2 Å². The number of nitrogens with one attached hydrogen (secondary N) is 1. The Morgan fingerprint density at radius 2 is 1.46 bits per heavy atom. The minimum Gasteiger partial charge on any atom is -0.493 e. The molecule has 6 nitrogen and oxygen atoms in total. The van der Waals surface area contributed by atoms with Crippen molar-refractivity contribution < 1.29 is 19.0 Å². The van der Waals surface area contributed by atoms with Crippen molar-refractivity contribution in [2.45, 2.75) is 6.92 Å². The molecule has 0 bridgehead atoms. The van der Waals surface area contributed by atoms with Crippen LogP contribution in [-0.2, 0) is 0 Å². The lowest BCUT2D eigenvalue weighted by Gasteiger charge is -2.13. The van der Waals surface area contributed by atoms with Gasteiger partial charge in [0.25, 0.3) is 5.91 Å². The molecule has 0 saturated carbocycles. The molecule has 1 N–H and O–H groups in total. The molecule has 3 rings (SSSR count). The average Bonchev–Trinajstić information content (AvgIpc) is 2.75. The highest BCUT2D eigenvalue weighted by molar-refractivity contribution is 6.03. The third-order valence-corrected chi connectivity index (χ3v) is 4.42. The second kappa shape index (κ2) is 8.43. The zero-order valence-electron chi connectivity index (χ0n) is 16.3. The van der Waals surface area contributed by atoms with Gasteiger partial charge < -0.3 is 14.2 Å². The molecular formula is C22H22N2O4. The molecule has 144 valence electrons. The van der Waals surface area contributed by atoms with E-state index in [1.54, 1.807) is 12.1 Å². The Bertz CT molecular complexity index is 1020. The van der Waals surface area contributed by atoms with Gasteiger partial charge in [-0.3, -0.25) is 4.79 Å². The number of hydrogen-bond donors (Lipinski definition) is 1. The minimum atomic E-state index is -0.376. The monoisotopic (exact) mass is 378 g/mol. The van der Waals surface area contributed by atoms with E-state index in [1.165, 1.54) is 21.3 Å². The number of carbonyl (C=O) groups is 1. The Balaban J connectivity index is 1.83. The van der Waals surface area contributed by atoms with Crippen molar-refractivity contribution in [2.75, 3.05) is 21.3 Å². The van der Waals surface area contributed by atoms with Crippen molar-refractivity contribution in [1.82, 2.24) is 5.43 Å². The van der Waals surface area contributed by atoms with Gasteiger partial charge in [-0.1, -0.05) is 36.4 Å². The molecule has 0 heterocycles. The molecule has 28 heavy (non-hydrogen) atoms. The lowest BCUT2D eigenvalue weighted by Crippen LogP contribution is -2.19. The van der Waals surface area contributed by atoms with Crippen LogP contribution in [0.3, 0.4) is 0 Å². The van der Waals surface area contributed by atoms with Crippen LogP contribution in [-0.4, -0.2) is 32.9 Å². The molecule has 0 saturated heterocycles. The van der Waals surface area contributed by atoms with Gasteiger partial charge in [0, 0.05) is 5.56 Å². The van der Waals surface area contributed by atoms with Gasteiger partial charge in [-0.25, -0.2) is 5.43 Å². The number of carbonyl (C=O) groups excluding carboxylic acids is 1. The van der Waals surface area contributed by atoms with E-state index >= 15 is 0 Å². The Hall–Kier alpha value is -3.54. The van der Waals surface area contributed by atoms with Crippen LogP contribution in [0.4, 0.5) is 0 Å². The molecule has 0 atom stereocenters. The molecule has 0 aliphatic carbocycles. The molecule has 3 aromatic rings. The van der Waals surface area contributed by atoms with Gasteiger partial charge in [-0.2, -0.15) is 5.10 Å². The highest BCUT2D eigenvalue weighted by atomic mass is 16.5. The number of hydrazone groups is 1. The first-order valence-corrected chi connectivity index (χ1v) is 8.71. The largest absolute Gasteiger partial charge is 0.493 e. The molecule has 0 aromatic heterocycles. The molecule has 0 aliphatic rings. The molecule has 0 spiro atoms. The summed E-state index contributed by atoms with van der Waals surface area (Å²) >= 11 is 0. The summed E-state index contributed by atoms with van der Waals surface area (Å²) in [5, 5.41) is 6.50. The smallest absolute Gasteiger partial charge is 0.271 e. The van der Waals surface area contributed by atoms with Gasteiger partial charge >= 0.3 is 0 Å². The van der Waals surface area contributed by atoms with Crippen LogP contribution in [0.2, 0.25) is 0 Å². The Morgan fingerprint density at radius 3 is 2.07 bits per heavy atom. The first-order valence-electron chi connectivity index (χ1n) is 8.71. The Morgan fingerprint density at radius 1 is 0.821 bits per heavy atom. The van der Waals surface area contributed by atoms with Crippen molar-refractivity contribution in [3.63, 3.8) is 0 Å². The number of hydrogen-bond acceptors (Lipinski definition) is 5. The quantitative estimate of drug-likeness (QED) is 0.520. The van der Waals surface area contributed by atoms with Gasteiger partial charge in [0.15, 0.2) is 11.5 Å². The number of nitrogens with zero attached hydrogens (tertiary/aromatic N) is 1. The zero-order chi connectivity index (χ0) is 20.1. The van der Waals surface area contributed by atoms with Crippen LogP contribution in [0.5, 0.6) is 17.2 Å². The van der Waals surface area contributed by atoms with Gasteiger partial charge in [-0.15, -0.1) is 0 Å². The van der Waals surface area contributed by atoms with E-state index in [0.29, 0.717) is 28.5 Å². The summed E-state index contributed by atoms with van der Waals surface area (Å²) in [4.78, 5) is 12.6. The van der Waals surface area contributed by atoms with E-state index < -0.39 is 0 Å². The van der Waals surface area contributed by atoms with Gasteiger partial charge in [-0.05, 0) is 41.5 Å². The Kier molecular flexibility index (Phi) is 5.79.